The first-order valence-corrected chi connectivity index (χ1v) is 6.39. The van der Waals surface area contributed by atoms with Gasteiger partial charge in [0.05, 0.1) is 11.7 Å². The zero-order valence-corrected chi connectivity index (χ0v) is 11.9. The molecule has 1 aromatic rings. The molecule has 0 saturated heterocycles. The van der Waals surface area contributed by atoms with E-state index in [4.69, 9.17) is 15.6 Å². The van der Waals surface area contributed by atoms with Crippen LogP contribution in [0.2, 0.25) is 0 Å². The summed E-state index contributed by atoms with van der Waals surface area (Å²) in [5.41, 5.74) is 6.17. The molecule has 106 valence electrons. The molecule has 1 atom stereocenters. The topological polar surface area (TPSA) is 106 Å². The lowest BCUT2D eigenvalue weighted by molar-refractivity contribution is -0.119. The summed E-state index contributed by atoms with van der Waals surface area (Å²) in [6.07, 6.45) is 0.375. The molecule has 19 heavy (non-hydrogen) atoms. The highest BCUT2D eigenvalue weighted by Crippen LogP contribution is 2.28. The maximum Gasteiger partial charge on any atom is 0.340 e. The van der Waals surface area contributed by atoms with E-state index in [9.17, 15) is 9.59 Å². The van der Waals surface area contributed by atoms with Crippen LogP contribution < -0.4 is 10.6 Å². The van der Waals surface area contributed by atoms with Crippen molar-refractivity contribution in [2.45, 2.75) is 19.4 Å². The Labute approximate surface area is 115 Å². The van der Waals surface area contributed by atoms with Crippen LogP contribution >= 0.6 is 11.5 Å². The zero-order valence-electron chi connectivity index (χ0n) is 11.0. The first-order chi connectivity index (χ1) is 8.90. The number of carbonyl (C=O) groups is 2. The van der Waals surface area contributed by atoms with Gasteiger partial charge in [0.15, 0.2) is 0 Å². The third-order valence-corrected chi connectivity index (χ3v) is 3.66. The molecule has 0 fully saturated rings. The molecule has 8 heteroatoms. The molecule has 0 saturated carbocycles. The molecule has 0 aliphatic heterocycles. The smallest absolute Gasteiger partial charge is 0.340 e. The number of nitrogens with two attached hydrogens (primary N) is 1. The number of anilines is 1. The van der Waals surface area contributed by atoms with Crippen molar-refractivity contribution in [1.29, 1.82) is 0 Å². The Morgan fingerprint density at radius 2 is 2.21 bits per heavy atom. The van der Waals surface area contributed by atoms with Gasteiger partial charge in [-0.1, -0.05) is 0 Å². The predicted molar refractivity (Wildman–Crippen MR) is 71.7 cm³/mol. The molecule has 1 rings (SSSR count). The minimum Gasteiger partial charge on any atom is -0.478 e. The van der Waals surface area contributed by atoms with Crippen molar-refractivity contribution in [3.63, 3.8) is 0 Å². The van der Waals surface area contributed by atoms with E-state index in [1.165, 1.54) is 19.1 Å². The second-order valence-electron chi connectivity index (χ2n) is 4.04. The Hall–Kier alpha value is -1.51. The van der Waals surface area contributed by atoms with Gasteiger partial charge in [0.25, 0.3) is 0 Å². The van der Waals surface area contributed by atoms with Gasteiger partial charge in [0.2, 0.25) is 5.91 Å². The summed E-state index contributed by atoms with van der Waals surface area (Å²) in [6.45, 7) is 1.96. The van der Waals surface area contributed by atoms with Gasteiger partial charge in [-0.05, 0) is 24.9 Å². The summed E-state index contributed by atoms with van der Waals surface area (Å²) < 4.78 is 8.82. The first-order valence-electron chi connectivity index (χ1n) is 5.61. The van der Waals surface area contributed by atoms with Gasteiger partial charge in [-0.2, -0.15) is 4.37 Å². The van der Waals surface area contributed by atoms with Crippen LogP contribution in [-0.2, 0) is 9.53 Å². The molecule has 1 aromatic heterocycles. The molecule has 0 aliphatic carbocycles. The Kier molecular flexibility index (Phi) is 5.40. The molecule has 1 amide bonds. The van der Waals surface area contributed by atoms with Crippen LogP contribution in [0.25, 0.3) is 0 Å². The van der Waals surface area contributed by atoms with Crippen molar-refractivity contribution in [2.24, 2.45) is 5.73 Å². The van der Waals surface area contributed by atoms with Crippen molar-refractivity contribution >= 4 is 28.4 Å². The highest BCUT2D eigenvalue weighted by Gasteiger charge is 2.26. The number of hydrogen-bond acceptors (Lipinski definition) is 6. The average molecular weight is 287 g/mol. The molecule has 0 spiro atoms. The SMILES string of the molecule is COCCC(N)C(=O)N(C)c1snc(C)c1C(=O)O. The fourth-order valence-electron chi connectivity index (χ4n) is 1.55. The normalized spacial score (nSPS) is 12.2. The molecular formula is C11H17N3O4S. The van der Waals surface area contributed by atoms with Crippen LogP contribution in [0, 0.1) is 6.92 Å². The van der Waals surface area contributed by atoms with Gasteiger partial charge in [0.1, 0.15) is 10.6 Å². The quantitative estimate of drug-likeness (QED) is 0.788. The zero-order chi connectivity index (χ0) is 14.6. The number of rotatable bonds is 6. The fourth-order valence-corrected chi connectivity index (χ4v) is 2.40. The number of aryl methyl sites for hydroxylation is 1. The van der Waals surface area contributed by atoms with E-state index in [0.717, 1.165) is 11.5 Å². The number of aromatic carboxylic acids is 1. The number of hydrogen-bond donors (Lipinski definition) is 2. The summed E-state index contributed by atoms with van der Waals surface area (Å²) in [6, 6.07) is -0.728. The van der Waals surface area contributed by atoms with Gasteiger partial charge in [-0.3, -0.25) is 4.79 Å². The summed E-state index contributed by atoms with van der Waals surface area (Å²) in [7, 11) is 3.02. The van der Waals surface area contributed by atoms with Crippen molar-refractivity contribution in [2.75, 3.05) is 25.7 Å². The van der Waals surface area contributed by atoms with Crippen LogP contribution in [0.1, 0.15) is 22.5 Å². The lowest BCUT2D eigenvalue weighted by Gasteiger charge is -2.20. The van der Waals surface area contributed by atoms with Gasteiger partial charge in [-0.25, -0.2) is 4.79 Å². The number of aromatic nitrogens is 1. The number of ether oxygens (including phenoxy) is 1. The monoisotopic (exact) mass is 287 g/mol. The number of carboxylic acids is 1. The maximum atomic E-state index is 12.1. The molecule has 0 aliphatic rings. The molecule has 1 unspecified atom stereocenters. The standard InChI is InChI=1S/C11H17N3O4S/c1-6-8(11(16)17)10(19-13-6)14(2)9(15)7(12)4-5-18-3/h7H,4-5,12H2,1-3H3,(H,16,17). The molecular weight excluding hydrogens is 270 g/mol. The second kappa shape index (κ2) is 6.60. The number of carboxylic acid groups (broad SMARTS) is 1. The van der Waals surface area contributed by atoms with E-state index < -0.39 is 12.0 Å². The van der Waals surface area contributed by atoms with E-state index in [2.05, 4.69) is 4.37 Å². The van der Waals surface area contributed by atoms with Gasteiger partial charge >= 0.3 is 5.97 Å². The van der Waals surface area contributed by atoms with Crippen molar-refractivity contribution in [1.82, 2.24) is 4.37 Å². The Balaban J connectivity index is 2.91. The minimum absolute atomic E-state index is 0.0415. The van der Waals surface area contributed by atoms with Gasteiger partial charge in [0, 0.05) is 20.8 Å². The average Bonchev–Trinajstić information content (AvgIpc) is 2.76. The largest absolute Gasteiger partial charge is 0.478 e. The maximum absolute atomic E-state index is 12.1. The van der Waals surface area contributed by atoms with E-state index in [1.54, 1.807) is 6.92 Å². The van der Waals surface area contributed by atoms with Crippen molar-refractivity contribution in [3.8, 4) is 0 Å². The number of methoxy groups -OCH3 is 1. The Morgan fingerprint density at radius 3 is 2.74 bits per heavy atom. The van der Waals surface area contributed by atoms with E-state index in [1.807, 2.05) is 0 Å². The van der Waals surface area contributed by atoms with Crippen molar-refractivity contribution < 1.29 is 19.4 Å². The summed E-state index contributed by atoms with van der Waals surface area (Å²) in [5, 5.41) is 9.42. The summed E-state index contributed by atoms with van der Waals surface area (Å²) in [4.78, 5) is 24.5. The predicted octanol–water partition coefficient (Wildman–Crippen LogP) is 0.476. The molecule has 7 nitrogen and oxygen atoms in total. The molecule has 0 radical (unpaired) electrons. The van der Waals surface area contributed by atoms with Crippen molar-refractivity contribution in [3.05, 3.63) is 11.3 Å². The Morgan fingerprint density at radius 1 is 1.58 bits per heavy atom. The van der Waals surface area contributed by atoms with E-state index in [0.29, 0.717) is 23.7 Å². The highest BCUT2D eigenvalue weighted by atomic mass is 32.1. The number of likely N-dealkylation sites (N-methyl/N-ethyl adjacent to an activating group) is 1. The molecule has 0 bridgehead atoms. The van der Waals surface area contributed by atoms with Crippen LogP contribution in [0.3, 0.4) is 0 Å². The first kappa shape index (κ1) is 15.5. The number of amides is 1. The summed E-state index contributed by atoms with van der Waals surface area (Å²) >= 11 is 0.970. The van der Waals surface area contributed by atoms with Gasteiger partial charge < -0.3 is 20.5 Å². The fraction of sp³-hybridized carbons (Fsp3) is 0.545. The molecule has 3 N–H and O–H groups in total. The van der Waals surface area contributed by atoms with E-state index >= 15 is 0 Å². The van der Waals surface area contributed by atoms with Crippen LogP contribution in [-0.4, -0.2) is 48.2 Å². The van der Waals surface area contributed by atoms with Crippen LogP contribution in [0.15, 0.2) is 0 Å². The third-order valence-electron chi connectivity index (χ3n) is 2.64. The molecule has 1 heterocycles. The van der Waals surface area contributed by atoms with Gasteiger partial charge in [-0.15, -0.1) is 0 Å². The highest BCUT2D eigenvalue weighted by molar-refractivity contribution is 7.11. The van der Waals surface area contributed by atoms with Crippen LogP contribution in [0.5, 0.6) is 0 Å². The lowest BCUT2D eigenvalue weighted by atomic mass is 10.2. The van der Waals surface area contributed by atoms with Crippen LogP contribution in [0.4, 0.5) is 5.00 Å². The minimum atomic E-state index is -1.11. The molecule has 0 aromatic carbocycles. The second-order valence-corrected chi connectivity index (χ2v) is 4.79. The third kappa shape index (κ3) is 3.49. The lowest BCUT2D eigenvalue weighted by Crippen LogP contribution is -2.42. The Bertz CT molecular complexity index is 475. The van der Waals surface area contributed by atoms with E-state index in [-0.39, 0.29) is 11.5 Å². The number of nitrogens with zero attached hydrogens (tertiary/aromatic N) is 2. The summed E-state index contributed by atoms with van der Waals surface area (Å²) in [5.74, 6) is -1.46. The number of carbonyl (C=O) groups excluding carboxylic acids is 1.